The Morgan fingerprint density at radius 1 is 0.481 bits per heavy atom. The van der Waals surface area contributed by atoms with Crippen molar-refractivity contribution >= 4 is 60.3 Å². The molecule has 3 nitrogen and oxygen atoms in total. The van der Waals surface area contributed by atoms with Crippen molar-refractivity contribution in [3.8, 4) is 0 Å². The van der Waals surface area contributed by atoms with Gasteiger partial charge >= 0.3 is 0 Å². The topological polar surface area (TPSA) is 34.8 Å². The number of benzene rings is 4. The molecule has 0 radical (unpaired) electrons. The summed E-state index contributed by atoms with van der Waals surface area (Å²) >= 11 is 0. The largest absolute Gasteiger partial charge is 0.399 e. The molecule has 3 heterocycles. The van der Waals surface area contributed by atoms with E-state index in [0.717, 1.165) is 11.2 Å². The maximum Gasteiger partial charge on any atom is 0.0784 e. The van der Waals surface area contributed by atoms with Gasteiger partial charge in [-0.25, -0.2) is 0 Å². The van der Waals surface area contributed by atoms with E-state index < -0.39 is 0 Å². The van der Waals surface area contributed by atoms with Crippen LogP contribution in [0.2, 0.25) is 0 Å². The summed E-state index contributed by atoms with van der Waals surface area (Å²) in [6, 6.07) is 28.1. The van der Waals surface area contributed by atoms with Gasteiger partial charge in [-0.3, -0.25) is 0 Å². The van der Waals surface area contributed by atoms with Gasteiger partial charge < -0.3 is 14.5 Å². The number of aromatic nitrogens is 2. The molecule has 0 atom stereocenters. The van der Waals surface area contributed by atoms with Crippen LogP contribution in [0.4, 0.5) is 5.69 Å². The maximum atomic E-state index is 6.36. The van der Waals surface area contributed by atoms with Crippen LogP contribution in [0.3, 0.4) is 0 Å². The number of nitrogens with two attached hydrogens (primary N) is 1. The minimum absolute atomic E-state index is 0.797. The molecular formula is C24H15N3. The zero-order chi connectivity index (χ0) is 17.7. The molecule has 27 heavy (non-hydrogen) atoms. The molecule has 7 aromatic rings. The Morgan fingerprint density at radius 2 is 1.04 bits per heavy atom. The van der Waals surface area contributed by atoms with Gasteiger partial charge in [-0.15, -0.1) is 0 Å². The lowest BCUT2D eigenvalue weighted by Gasteiger charge is -2.11. The number of para-hydroxylation sites is 3. The molecule has 0 amide bonds. The van der Waals surface area contributed by atoms with Gasteiger partial charge in [-0.1, -0.05) is 48.5 Å². The van der Waals surface area contributed by atoms with Crippen LogP contribution in [0.5, 0.6) is 0 Å². The highest BCUT2D eigenvalue weighted by Crippen LogP contribution is 2.41. The van der Waals surface area contributed by atoms with Crippen molar-refractivity contribution in [2.75, 3.05) is 5.73 Å². The van der Waals surface area contributed by atoms with Crippen LogP contribution in [0.15, 0.2) is 78.9 Å². The molecule has 0 fully saturated rings. The predicted molar refractivity (Wildman–Crippen MR) is 114 cm³/mol. The third-order valence-corrected chi connectivity index (χ3v) is 5.93. The third kappa shape index (κ3) is 1.42. The minimum Gasteiger partial charge on any atom is -0.399 e. The van der Waals surface area contributed by atoms with Crippen molar-refractivity contribution in [1.29, 1.82) is 0 Å². The van der Waals surface area contributed by atoms with Gasteiger partial charge in [0.2, 0.25) is 0 Å². The van der Waals surface area contributed by atoms with Crippen molar-refractivity contribution in [3.63, 3.8) is 0 Å². The van der Waals surface area contributed by atoms with Crippen molar-refractivity contribution in [3.05, 3.63) is 78.9 Å². The fourth-order valence-corrected chi connectivity index (χ4v) is 4.95. The van der Waals surface area contributed by atoms with Crippen molar-refractivity contribution in [2.24, 2.45) is 0 Å². The van der Waals surface area contributed by atoms with E-state index in [2.05, 4.69) is 87.7 Å². The molecule has 0 aliphatic heterocycles. The second kappa shape index (κ2) is 4.33. The number of nitrogens with zero attached hydrogens (tertiary/aromatic N) is 2. The molecule has 0 unspecified atom stereocenters. The summed E-state index contributed by atoms with van der Waals surface area (Å²) < 4.78 is 4.79. The van der Waals surface area contributed by atoms with Crippen molar-refractivity contribution in [2.45, 2.75) is 0 Å². The molecule has 2 N–H and O–H groups in total. The Kier molecular flexibility index (Phi) is 2.16. The second-order valence-corrected chi connectivity index (χ2v) is 7.31. The standard InChI is InChI=1S/C24H15N3/c25-14-12-18-16-7-2-4-10-20(16)26-21-11-5-8-17-15-6-1-3-9-19(15)27(23(17)21)22(13-14)24(18)26/h1-13H,25H2. The molecule has 4 aromatic carbocycles. The fourth-order valence-electron chi connectivity index (χ4n) is 4.95. The summed E-state index contributed by atoms with van der Waals surface area (Å²) in [6.45, 7) is 0. The lowest BCUT2D eigenvalue weighted by molar-refractivity contribution is 1.26. The highest BCUT2D eigenvalue weighted by molar-refractivity contribution is 6.22. The molecule has 0 aliphatic carbocycles. The first-order valence-electron chi connectivity index (χ1n) is 9.18. The van der Waals surface area contributed by atoms with Crippen LogP contribution in [0, 0.1) is 0 Å². The van der Waals surface area contributed by atoms with Gasteiger partial charge in [0.25, 0.3) is 0 Å². The third-order valence-electron chi connectivity index (χ3n) is 5.93. The summed E-state index contributed by atoms with van der Waals surface area (Å²) in [5.74, 6) is 0. The van der Waals surface area contributed by atoms with Crippen LogP contribution in [0.1, 0.15) is 0 Å². The predicted octanol–water partition coefficient (Wildman–Crippen LogP) is 5.82. The monoisotopic (exact) mass is 345 g/mol. The number of fused-ring (bicyclic) bond motifs is 8. The first-order valence-corrected chi connectivity index (χ1v) is 9.18. The first-order chi connectivity index (χ1) is 13.3. The number of hydrogen-bond acceptors (Lipinski definition) is 1. The normalized spacial score (nSPS) is 12.6. The van der Waals surface area contributed by atoms with Gasteiger partial charge in [0.05, 0.1) is 33.1 Å². The highest BCUT2D eigenvalue weighted by Gasteiger charge is 2.20. The zero-order valence-electron chi connectivity index (χ0n) is 14.5. The van der Waals surface area contributed by atoms with Gasteiger partial charge in [0.15, 0.2) is 0 Å². The molecule has 0 aliphatic rings. The minimum atomic E-state index is 0.797. The first kappa shape index (κ1) is 13.5. The Bertz CT molecular complexity index is 1670. The number of rotatable bonds is 0. The van der Waals surface area contributed by atoms with E-state index >= 15 is 0 Å². The van der Waals surface area contributed by atoms with Crippen molar-refractivity contribution in [1.82, 2.24) is 8.80 Å². The Hall–Kier alpha value is -3.72. The SMILES string of the molecule is Nc1cc2c3ccccc3n3c4cccc5c6ccccc6n(c(c1)c23)c54. The fraction of sp³-hybridized carbons (Fsp3) is 0. The van der Waals surface area contributed by atoms with Gasteiger partial charge in [0.1, 0.15) is 0 Å². The van der Waals surface area contributed by atoms with Crippen LogP contribution in [-0.4, -0.2) is 8.80 Å². The number of anilines is 1. The lowest BCUT2D eigenvalue weighted by atomic mass is 10.1. The summed E-state index contributed by atoms with van der Waals surface area (Å²) in [6.07, 6.45) is 0. The number of hydrogen-bond donors (Lipinski definition) is 1. The van der Waals surface area contributed by atoms with Crippen LogP contribution < -0.4 is 5.73 Å². The van der Waals surface area contributed by atoms with Crippen molar-refractivity contribution < 1.29 is 0 Å². The quantitative estimate of drug-likeness (QED) is 0.272. The van der Waals surface area contributed by atoms with Gasteiger partial charge in [-0.05, 0) is 30.3 Å². The van der Waals surface area contributed by atoms with E-state index in [-0.39, 0.29) is 0 Å². The number of nitrogen functional groups attached to an aromatic ring is 1. The van der Waals surface area contributed by atoms with E-state index in [0.29, 0.717) is 0 Å². The summed E-state index contributed by atoms with van der Waals surface area (Å²) in [4.78, 5) is 0. The Morgan fingerprint density at radius 3 is 1.81 bits per heavy atom. The van der Waals surface area contributed by atoms with Gasteiger partial charge in [0, 0.05) is 27.2 Å². The smallest absolute Gasteiger partial charge is 0.0784 e. The van der Waals surface area contributed by atoms with Crippen LogP contribution in [0.25, 0.3) is 54.6 Å². The van der Waals surface area contributed by atoms with E-state index in [1.54, 1.807) is 0 Å². The van der Waals surface area contributed by atoms with E-state index in [9.17, 15) is 0 Å². The molecule has 0 saturated heterocycles. The van der Waals surface area contributed by atoms with Crippen LogP contribution >= 0.6 is 0 Å². The average molecular weight is 345 g/mol. The molecule has 0 saturated carbocycles. The summed E-state index contributed by atoms with van der Waals surface area (Å²) in [7, 11) is 0. The van der Waals surface area contributed by atoms with Gasteiger partial charge in [-0.2, -0.15) is 0 Å². The Labute approximate surface area is 154 Å². The zero-order valence-corrected chi connectivity index (χ0v) is 14.5. The molecule has 3 aromatic heterocycles. The van der Waals surface area contributed by atoms with E-state index in [1.165, 1.54) is 49.1 Å². The second-order valence-electron chi connectivity index (χ2n) is 7.31. The maximum absolute atomic E-state index is 6.36. The molecule has 3 heteroatoms. The van der Waals surface area contributed by atoms with Crippen LogP contribution in [-0.2, 0) is 0 Å². The molecule has 0 spiro atoms. The summed E-state index contributed by atoms with van der Waals surface area (Å²) in [5, 5.41) is 5.01. The molecule has 0 bridgehead atoms. The molecule has 126 valence electrons. The van der Waals surface area contributed by atoms with E-state index in [4.69, 9.17) is 5.73 Å². The Balaban J connectivity index is 2.01. The lowest BCUT2D eigenvalue weighted by Crippen LogP contribution is -1.98. The summed E-state index contributed by atoms with van der Waals surface area (Å²) in [5.41, 5.74) is 14.5. The average Bonchev–Trinajstić information content (AvgIpc) is 3.21. The van der Waals surface area contributed by atoms with E-state index in [1.807, 2.05) is 0 Å². The molecular weight excluding hydrogens is 330 g/mol. The highest BCUT2D eigenvalue weighted by atomic mass is 15.0. The molecule has 7 rings (SSSR count).